The van der Waals surface area contributed by atoms with Crippen molar-refractivity contribution >= 4 is 47.3 Å². The smallest absolute Gasteiger partial charge is 0.326 e. The molecule has 0 aliphatic heterocycles. The number of carbonyl (C=O) groups is 8. The fourth-order valence-electron chi connectivity index (χ4n) is 5.43. The number of benzene rings is 2. The van der Waals surface area contributed by atoms with Crippen LogP contribution in [0, 0.1) is 11.8 Å². The summed E-state index contributed by atoms with van der Waals surface area (Å²) >= 11 is 0. The Bertz CT molecular complexity index is 1730. The molecule has 19 heteroatoms. The molecular weight excluding hydrogens is 744 g/mol. The number of phenols is 2. The summed E-state index contributed by atoms with van der Waals surface area (Å²) in [4.78, 5) is 102. The molecule has 2 rings (SSSR count). The summed E-state index contributed by atoms with van der Waals surface area (Å²) in [5.41, 5.74) is 12.5. The molecule has 312 valence electrons. The van der Waals surface area contributed by atoms with Crippen LogP contribution in [0.1, 0.15) is 58.6 Å². The van der Waals surface area contributed by atoms with E-state index in [0.29, 0.717) is 11.1 Å². The lowest BCUT2D eigenvalue weighted by Gasteiger charge is -2.27. The second-order valence-corrected chi connectivity index (χ2v) is 14.4. The first-order chi connectivity index (χ1) is 26.7. The average molecular weight is 799 g/mol. The number of nitrogens with two attached hydrogens (primary N) is 2. The van der Waals surface area contributed by atoms with Crippen LogP contribution in [0.5, 0.6) is 11.5 Å². The standard InChI is InChI=1S/C38H54N8O11/c1-19(2)14-27(43-34(52)26(39)15-22-6-10-24(47)11-7-22)35(53)41-18-31(50)42-21(5)33(51)46-32(20(3)4)37(55)44-28(17-30(40)49)36(54)45-29(38(56)57)16-23-8-12-25(48)13-9-23/h6-13,19-21,26-29,32,47-48H,14-18,39H2,1-5H3,(H2,40,49)(H,41,53)(H,42,50)(H,43,52)(H,44,55)(H,45,54)(H,46,51)(H,56,57)/t21-,26-,27-,28-,29-,32-/m0/s1. The maximum absolute atomic E-state index is 13.4. The zero-order chi connectivity index (χ0) is 43.0. The van der Waals surface area contributed by atoms with Gasteiger partial charge in [-0.3, -0.25) is 33.6 Å². The van der Waals surface area contributed by atoms with Crippen LogP contribution < -0.4 is 43.4 Å². The number of phenolic OH excluding ortho intramolecular Hbond substituents is 2. The highest BCUT2D eigenvalue weighted by Gasteiger charge is 2.33. The van der Waals surface area contributed by atoms with Gasteiger partial charge in [-0.05, 0) is 67.0 Å². The minimum Gasteiger partial charge on any atom is -0.508 e. The summed E-state index contributed by atoms with van der Waals surface area (Å²) in [6.45, 7) is 7.59. The van der Waals surface area contributed by atoms with Gasteiger partial charge in [-0.2, -0.15) is 0 Å². The van der Waals surface area contributed by atoms with E-state index in [2.05, 4.69) is 31.9 Å². The molecule has 2 aromatic rings. The summed E-state index contributed by atoms with van der Waals surface area (Å²) in [6.07, 6.45) is -0.522. The third-order valence-corrected chi connectivity index (χ3v) is 8.54. The van der Waals surface area contributed by atoms with Crippen LogP contribution >= 0.6 is 0 Å². The Morgan fingerprint density at radius 3 is 1.61 bits per heavy atom. The molecule has 0 aromatic heterocycles. The second kappa shape index (κ2) is 22.3. The number of carboxylic acid groups (broad SMARTS) is 1. The first-order valence-electron chi connectivity index (χ1n) is 18.3. The van der Waals surface area contributed by atoms with Crippen LogP contribution in [0.25, 0.3) is 0 Å². The number of nitrogens with one attached hydrogen (secondary N) is 6. The Hall–Kier alpha value is -6.24. The highest BCUT2D eigenvalue weighted by molar-refractivity contribution is 5.97. The zero-order valence-corrected chi connectivity index (χ0v) is 32.5. The van der Waals surface area contributed by atoms with E-state index in [-0.39, 0.29) is 36.7 Å². The minimum absolute atomic E-state index is 0.0308. The summed E-state index contributed by atoms with van der Waals surface area (Å²) in [5, 5.41) is 43.3. The van der Waals surface area contributed by atoms with Crippen molar-refractivity contribution in [1.29, 1.82) is 0 Å². The molecule has 0 aliphatic rings. The molecule has 0 bridgehead atoms. The molecule has 13 N–H and O–H groups in total. The number of amides is 7. The van der Waals surface area contributed by atoms with E-state index in [9.17, 15) is 53.7 Å². The largest absolute Gasteiger partial charge is 0.508 e. The SMILES string of the molecule is CC(C)C[C@H](NC(=O)[C@@H](N)Cc1ccc(O)cc1)C(=O)NCC(=O)N[C@@H](C)C(=O)N[C@H](C(=O)N[C@@H](CC(N)=O)C(=O)N[C@@H](Cc1ccc(O)cc1)C(=O)O)C(C)C. The number of carbonyl (C=O) groups excluding carboxylic acids is 7. The van der Waals surface area contributed by atoms with E-state index in [0.717, 1.165) is 0 Å². The van der Waals surface area contributed by atoms with Gasteiger partial charge >= 0.3 is 5.97 Å². The predicted octanol–water partition coefficient (Wildman–Crippen LogP) is -1.57. The van der Waals surface area contributed by atoms with E-state index in [1.807, 2.05) is 13.8 Å². The summed E-state index contributed by atoms with van der Waals surface area (Å²) < 4.78 is 0. The van der Waals surface area contributed by atoms with Gasteiger partial charge in [-0.1, -0.05) is 52.0 Å². The van der Waals surface area contributed by atoms with Gasteiger partial charge in [0, 0.05) is 6.42 Å². The van der Waals surface area contributed by atoms with E-state index < -0.39 is 102 Å². The Morgan fingerprint density at radius 2 is 1.12 bits per heavy atom. The number of hydrogen-bond acceptors (Lipinski definition) is 11. The minimum atomic E-state index is -1.62. The van der Waals surface area contributed by atoms with Crippen molar-refractivity contribution in [3.05, 3.63) is 59.7 Å². The summed E-state index contributed by atoms with van der Waals surface area (Å²) in [6, 6.07) is 4.09. The summed E-state index contributed by atoms with van der Waals surface area (Å²) in [7, 11) is 0. The quantitative estimate of drug-likeness (QED) is 0.0644. The Labute approximate surface area is 330 Å². The normalized spacial score (nSPS) is 14.2. The van der Waals surface area contributed by atoms with Crippen LogP contribution in [0.2, 0.25) is 0 Å². The van der Waals surface area contributed by atoms with Crippen molar-refractivity contribution in [3.8, 4) is 11.5 Å². The van der Waals surface area contributed by atoms with Crippen LogP contribution in [0.3, 0.4) is 0 Å². The van der Waals surface area contributed by atoms with Gasteiger partial charge in [-0.25, -0.2) is 4.79 Å². The number of aliphatic carboxylic acids is 1. The Morgan fingerprint density at radius 1 is 0.614 bits per heavy atom. The van der Waals surface area contributed by atoms with Gasteiger partial charge in [-0.15, -0.1) is 0 Å². The molecule has 2 aromatic carbocycles. The maximum Gasteiger partial charge on any atom is 0.326 e. The third-order valence-electron chi connectivity index (χ3n) is 8.54. The van der Waals surface area contributed by atoms with Crippen molar-refractivity contribution in [2.75, 3.05) is 6.54 Å². The Balaban J connectivity index is 2.00. The predicted molar refractivity (Wildman–Crippen MR) is 206 cm³/mol. The van der Waals surface area contributed by atoms with Crippen molar-refractivity contribution in [1.82, 2.24) is 31.9 Å². The average Bonchev–Trinajstić information content (AvgIpc) is 3.12. The van der Waals surface area contributed by atoms with Crippen molar-refractivity contribution < 1.29 is 53.7 Å². The van der Waals surface area contributed by atoms with E-state index in [4.69, 9.17) is 11.5 Å². The number of primary amides is 1. The maximum atomic E-state index is 13.4. The summed E-state index contributed by atoms with van der Waals surface area (Å²) in [5.74, 6) is -7.78. The monoisotopic (exact) mass is 798 g/mol. The molecule has 0 saturated carbocycles. The van der Waals surface area contributed by atoms with Crippen molar-refractivity contribution in [2.24, 2.45) is 23.3 Å². The molecule has 0 aliphatic carbocycles. The Kier molecular flexibility index (Phi) is 18.4. The highest BCUT2D eigenvalue weighted by Crippen LogP contribution is 2.13. The van der Waals surface area contributed by atoms with Crippen molar-refractivity contribution in [2.45, 2.75) is 96.6 Å². The number of aromatic hydroxyl groups is 2. The van der Waals surface area contributed by atoms with Crippen LogP contribution in [-0.4, -0.2) is 105 Å². The molecule has 0 saturated heterocycles. The van der Waals surface area contributed by atoms with E-state index in [1.54, 1.807) is 26.0 Å². The number of hydrogen-bond donors (Lipinski definition) is 11. The molecule has 7 amide bonds. The van der Waals surface area contributed by atoms with Gasteiger partial charge in [0.2, 0.25) is 41.4 Å². The first kappa shape index (κ1) is 46.9. The first-order valence-corrected chi connectivity index (χ1v) is 18.3. The third kappa shape index (κ3) is 16.6. The zero-order valence-electron chi connectivity index (χ0n) is 32.5. The second-order valence-electron chi connectivity index (χ2n) is 14.4. The van der Waals surface area contributed by atoms with Gasteiger partial charge in [0.05, 0.1) is 19.0 Å². The molecule has 0 heterocycles. The lowest BCUT2D eigenvalue weighted by molar-refractivity contribution is -0.142. The molecule has 0 spiro atoms. The van der Waals surface area contributed by atoms with E-state index >= 15 is 0 Å². The number of carboxylic acids is 1. The molecule has 19 nitrogen and oxygen atoms in total. The van der Waals surface area contributed by atoms with Crippen LogP contribution in [0.4, 0.5) is 0 Å². The molecular formula is C38H54N8O11. The molecule has 0 radical (unpaired) electrons. The molecule has 6 atom stereocenters. The van der Waals surface area contributed by atoms with Gasteiger partial charge in [0.25, 0.3) is 0 Å². The van der Waals surface area contributed by atoms with Gasteiger partial charge in [0.15, 0.2) is 0 Å². The molecule has 57 heavy (non-hydrogen) atoms. The lowest BCUT2D eigenvalue weighted by Crippen LogP contribution is -2.59. The van der Waals surface area contributed by atoms with Crippen LogP contribution in [0.15, 0.2) is 48.5 Å². The van der Waals surface area contributed by atoms with Crippen molar-refractivity contribution in [3.63, 3.8) is 0 Å². The molecule has 0 fully saturated rings. The molecule has 0 unspecified atom stereocenters. The fraction of sp³-hybridized carbons (Fsp3) is 0.474. The lowest BCUT2D eigenvalue weighted by atomic mass is 10.0. The topological polar surface area (TPSA) is 321 Å². The van der Waals surface area contributed by atoms with Crippen LogP contribution in [-0.2, 0) is 51.2 Å². The van der Waals surface area contributed by atoms with Gasteiger partial charge < -0.3 is 58.7 Å². The van der Waals surface area contributed by atoms with Gasteiger partial charge in [0.1, 0.15) is 41.7 Å². The van der Waals surface area contributed by atoms with E-state index in [1.165, 1.54) is 43.3 Å². The fourth-order valence-corrected chi connectivity index (χ4v) is 5.43. The number of rotatable bonds is 22. The highest BCUT2D eigenvalue weighted by atomic mass is 16.4.